The Morgan fingerprint density at radius 2 is 2.19 bits per heavy atom. The lowest BCUT2D eigenvalue weighted by Gasteiger charge is -1.93. The Kier molecular flexibility index (Phi) is 2.71. The predicted molar refractivity (Wildman–Crippen MR) is 78.4 cm³/mol. The van der Waals surface area contributed by atoms with Crippen LogP contribution in [0.3, 0.4) is 0 Å². The van der Waals surface area contributed by atoms with E-state index in [-0.39, 0.29) is 12.2 Å². The number of fused-ring (bicyclic) bond motifs is 1. The van der Waals surface area contributed by atoms with Gasteiger partial charge in [-0.3, -0.25) is 4.40 Å². The van der Waals surface area contributed by atoms with Crippen LogP contribution in [0, 0.1) is 0 Å². The molecule has 0 bridgehead atoms. The summed E-state index contributed by atoms with van der Waals surface area (Å²) in [4.78, 5) is 17.4. The molecule has 21 heavy (non-hydrogen) atoms. The molecular formula is C14H10N4O2S. The van der Waals surface area contributed by atoms with Gasteiger partial charge in [-0.1, -0.05) is 12.1 Å². The van der Waals surface area contributed by atoms with Gasteiger partial charge in [-0.2, -0.15) is 0 Å². The number of rotatable bonds is 3. The first-order valence-electron chi connectivity index (χ1n) is 6.34. The van der Waals surface area contributed by atoms with Crippen LogP contribution in [0.2, 0.25) is 0 Å². The van der Waals surface area contributed by atoms with E-state index in [1.807, 2.05) is 23.6 Å². The number of hydrogen-bond donors (Lipinski definition) is 0. The fraction of sp³-hybridized carbons (Fsp3) is 0.0714. The molecule has 0 aliphatic rings. The summed E-state index contributed by atoms with van der Waals surface area (Å²) in [5.41, 5.74) is 0.397. The summed E-state index contributed by atoms with van der Waals surface area (Å²) >= 11 is 1.58. The van der Waals surface area contributed by atoms with Crippen LogP contribution in [-0.2, 0) is 6.54 Å². The number of aromatic nitrogens is 4. The second-order valence-electron chi connectivity index (χ2n) is 4.46. The van der Waals surface area contributed by atoms with Crippen molar-refractivity contribution in [1.29, 1.82) is 0 Å². The molecule has 0 atom stereocenters. The van der Waals surface area contributed by atoms with Crippen molar-refractivity contribution in [2.24, 2.45) is 0 Å². The number of thiophene rings is 1. The maximum atomic E-state index is 12.2. The van der Waals surface area contributed by atoms with E-state index in [1.54, 1.807) is 35.9 Å². The van der Waals surface area contributed by atoms with Gasteiger partial charge in [-0.05, 0) is 23.6 Å². The van der Waals surface area contributed by atoms with E-state index in [9.17, 15) is 4.79 Å². The second kappa shape index (κ2) is 4.71. The lowest BCUT2D eigenvalue weighted by atomic mass is 10.4. The minimum Gasteiger partial charge on any atom is -0.438 e. The molecule has 7 heteroatoms. The molecule has 0 aliphatic heterocycles. The van der Waals surface area contributed by atoms with Crippen molar-refractivity contribution in [1.82, 2.24) is 19.2 Å². The minimum atomic E-state index is -0.207. The normalized spacial score (nSPS) is 11.2. The van der Waals surface area contributed by atoms with Gasteiger partial charge < -0.3 is 4.42 Å². The van der Waals surface area contributed by atoms with Crippen molar-refractivity contribution in [3.63, 3.8) is 0 Å². The molecule has 0 saturated heterocycles. The average Bonchev–Trinajstić information content (AvgIpc) is 3.21. The zero-order chi connectivity index (χ0) is 14.2. The van der Waals surface area contributed by atoms with Crippen LogP contribution in [-0.4, -0.2) is 19.2 Å². The SMILES string of the molecule is O=c1n(Cc2ncc(-c3cccs3)o2)nc2ccccn12. The molecule has 104 valence electrons. The van der Waals surface area contributed by atoms with Gasteiger partial charge in [0.25, 0.3) is 0 Å². The molecule has 0 N–H and O–H groups in total. The van der Waals surface area contributed by atoms with Gasteiger partial charge in [-0.15, -0.1) is 16.4 Å². The van der Waals surface area contributed by atoms with E-state index < -0.39 is 0 Å². The van der Waals surface area contributed by atoms with E-state index >= 15 is 0 Å². The molecule has 0 unspecified atom stereocenters. The standard InChI is InChI=1S/C14H10N4O2S/c19-14-17-6-2-1-5-12(17)16-18(14)9-13-15-8-10(20-13)11-4-3-7-21-11/h1-8H,9H2. The van der Waals surface area contributed by atoms with E-state index in [0.29, 0.717) is 17.3 Å². The third-order valence-corrected chi connectivity index (χ3v) is 3.98. The molecule has 0 radical (unpaired) electrons. The summed E-state index contributed by atoms with van der Waals surface area (Å²) in [5.74, 6) is 1.17. The summed E-state index contributed by atoms with van der Waals surface area (Å²) in [6, 6.07) is 9.33. The van der Waals surface area contributed by atoms with Crippen LogP contribution >= 0.6 is 11.3 Å². The molecule has 4 aromatic heterocycles. The maximum absolute atomic E-state index is 12.2. The first-order chi connectivity index (χ1) is 10.3. The highest BCUT2D eigenvalue weighted by molar-refractivity contribution is 7.13. The summed E-state index contributed by atoms with van der Waals surface area (Å²) in [7, 11) is 0. The Morgan fingerprint density at radius 1 is 1.24 bits per heavy atom. The van der Waals surface area contributed by atoms with Crippen LogP contribution in [0.1, 0.15) is 5.89 Å². The Balaban J connectivity index is 1.69. The zero-order valence-corrected chi connectivity index (χ0v) is 11.7. The van der Waals surface area contributed by atoms with Crippen LogP contribution in [0.15, 0.2) is 57.3 Å². The summed E-state index contributed by atoms with van der Waals surface area (Å²) in [5, 5.41) is 6.23. The van der Waals surface area contributed by atoms with Crippen LogP contribution in [0.25, 0.3) is 16.3 Å². The van der Waals surface area contributed by atoms with Gasteiger partial charge in [0.1, 0.15) is 6.54 Å². The van der Waals surface area contributed by atoms with Crippen LogP contribution < -0.4 is 5.69 Å². The fourth-order valence-corrected chi connectivity index (χ4v) is 2.79. The van der Waals surface area contributed by atoms with Gasteiger partial charge in [0, 0.05) is 6.20 Å². The summed E-state index contributed by atoms with van der Waals surface area (Å²) in [6.07, 6.45) is 3.36. The molecule has 4 aromatic rings. The first-order valence-corrected chi connectivity index (χ1v) is 7.22. The number of oxazole rings is 1. The third-order valence-electron chi connectivity index (χ3n) is 3.09. The van der Waals surface area contributed by atoms with Crippen molar-refractivity contribution < 1.29 is 4.42 Å². The molecule has 0 amide bonds. The van der Waals surface area contributed by atoms with E-state index in [2.05, 4.69) is 10.1 Å². The largest absolute Gasteiger partial charge is 0.438 e. The Labute approximate surface area is 122 Å². The Bertz CT molecular complexity index is 949. The van der Waals surface area contributed by atoms with E-state index in [4.69, 9.17) is 4.42 Å². The first kappa shape index (κ1) is 12.1. The Morgan fingerprint density at radius 3 is 3.00 bits per heavy atom. The third kappa shape index (κ3) is 2.07. The second-order valence-corrected chi connectivity index (χ2v) is 5.41. The van der Waals surface area contributed by atoms with Gasteiger partial charge in [0.15, 0.2) is 11.4 Å². The molecule has 6 nitrogen and oxygen atoms in total. The quantitative estimate of drug-likeness (QED) is 0.582. The lowest BCUT2D eigenvalue weighted by molar-refractivity contribution is 0.469. The molecule has 4 rings (SSSR count). The number of pyridine rings is 1. The summed E-state index contributed by atoms with van der Waals surface area (Å²) in [6.45, 7) is 0.214. The average molecular weight is 298 g/mol. The summed E-state index contributed by atoms with van der Waals surface area (Å²) < 4.78 is 8.51. The molecular weight excluding hydrogens is 288 g/mol. The number of hydrogen-bond acceptors (Lipinski definition) is 5. The van der Waals surface area contributed by atoms with Gasteiger partial charge >= 0.3 is 5.69 Å². The van der Waals surface area contributed by atoms with E-state index in [1.165, 1.54) is 9.08 Å². The monoisotopic (exact) mass is 298 g/mol. The molecule has 0 fully saturated rings. The highest BCUT2D eigenvalue weighted by Gasteiger charge is 2.11. The molecule has 0 aliphatic carbocycles. The molecule has 0 aromatic carbocycles. The van der Waals surface area contributed by atoms with E-state index in [0.717, 1.165) is 4.88 Å². The molecule has 0 saturated carbocycles. The van der Waals surface area contributed by atoms with Crippen molar-refractivity contribution in [3.05, 3.63) is 64.5 Å². The van der Waals surface area contributed by atoms with Crippen LogP contribution in [0.5, 0.6) is 0 Å². The van der Waals surface area contributed by atoms with Crippen molar-refractivity contribution >= 4 is 17.0 Å². The lowest BCUT2D eigenvalue weighted by Crippen LogP contribution is -2.21. The highest BCUT2D eigenvalue weighted by Crippen LogP contribution is 2.25. The smallest absolute Gasteiger partial charge is 0.350 e. The Hall–Kier alpha value is -2.67. The van der Waals surface area contributed by atoms with Crippen molar-refractivity contribution in [2.45, 2.75) is 6.54 Å². The maximum Gasteiger partial charge on any atom is 0.350 e. The predicted octanol–water partition coefficient (Wildman–Crippen LogP) is 2.26. The van der Waals surface area contributed by atoms with Crippen LogP contribution in [0.4, 0.5) is 0 Å². The topological polar surface area (TPSA) is 65.3 Å². The van der Waals surface area contributed by atoms with Crippen molar-refractivity contribution in [2.75, 3.05) is 0 Å². The fourth-order valence-electron chi connectivity index (χ4n) is 2.12. The molecule has 0 spiro atoms. The highest BCUT2D eigenvalue weighted by atomic mass is 32.1. The molecule has 4 heterocycles. The zero-order valence-electron chi connectivity index (χ0n) is 10.8. The minimum absolute atomic E-state index is 0.207. The van der Waals surface area contributed by atoms with Gasteiger partial charge in [0.2, 0.25) is 5.89 Å². The van der Waals surface area contributed by atoms with Crippen molar-refractivity contribution in [3.8, 4) is 10.6 Å². The van der Waals surface area contributed by atoms with Gasteiger partial charge in [-0.25, -0.2) is 14.5 Å². The number of nitrogens with zero attached hydrogens (tertiary/aromatic N) is 4. The van der Waals surface area contributed by atoms with Gasteiger partial charge in [0.05, 0.1) is 11.1 Å².